The number of hydrogen-bond acceptors (Lipinski definition) is 8. The van der Waals surface area contributed by atoms with Gasteiger partial charge in [-0.2, -0.15) is 0 Å². The first-order valence-electron chi connectivity index (χ1n) is 12.7. The summed E-state index contributed by atoms with van der Waals surface area (Å²) < 4.78 is 2.74. The van der Waals surface area contributed by atoms with Crippen molar-refractivity contribution in [3.8, 4) is 0 Å². The Morgan fingerprint density at radius 2 is 0.905 bits per heavy atom. The second kappa shape index (κ2) is 10.3. The van der Waals surface area contributed by atoms with Crippen LogP contribution in [0.4, 0.5) is 11.4 Å². The van der Waals surface area contributed by atoms with Crippen LogP contribution in [0.2, 0.25) is 10.0 Å². The lowest BCUT2D eigenvalue weighted by Crippen LogP contribution is -2.34. The minimum Gasteiger partial charge on any atom is -0.350 e. The van der Waals surface area contributed by atoms with E-state index in [0.717, 1.165) is 0 Å². The summed E-state index contributed by atoms with van der Waals surface area (Å²) in [4.78, 5) is 29.2. The zero-order valence-electron chi connectivity index (χ0n) is 21.5. The summed E-state index contributed by atoms with van der Waals surface area (Å²) in [6.45, 7) is 0. The first-order valence-corrected chi connectivity index (χ1v) is 13.5. The van der Waals surface area contributed by atoms with Crippen molar-refractivity contribution in [2.24, 2.45) is 0 Å². The van der Waals surface area contributed by atoms with Gasteiger partial charge in [0.05, 0.1) is 11.0 Å². The molecule has 7 rings (SSSR count). The number of nitrogens with zero attached hydrogens (tertiary/aromatic N) is 6. The Balaban J connectivity index is 1.48. The smallest absolute Gasteiger partial charge is 0.232 e. The minimum absolute atomic E-state index is 0.0192. The van der Waals surface area contributed by atoms with E-state index in [1.54, 1.807) is 84.9 Å². The second-order valence-electron chi connectivity index (χ2n) is 9.35. The van der Waals surface area contributed by atoms with Crippen molar-refractivity contribution in [3.63, 3.8) is 0 Å². The molecule has 0 saturated carbocycles. The van der Waals surface area contributed by atoms with Crippen LogP contribution in [0.25, 0.3) is 33.5 Å². The molecule has 0 radical (unpaired) electrons. The summed E-state index contributed by atoms with van der Waals surface area (Å²) in [6, 6.07) is 27.9. The molecule has 0 unspecified atom stereocenters. The molecule has 0 spiro atoms. The molecular weight excluding hydrogens is 575 g/mol. The largest absolute Gasteiger partial charge is 0.350 e. The van der Waals surface area contributed by atoms with Gasteiger partial charge in [0.15, 0.2) is 0 Å². The molecule has 1 aliphatic rings. The van der Waals surface area contributed by atoms with E-state index in [4.69, 9.17) is 23.2 Å². The third kappa shape index (κ3) is 4.39. The maximum Gasteiger partial charge on any atom is 0.232 e. The number of halogens is 2. The lowest BCUT2D eigenvalue weighted by atomic mass is 9.97. The van der Waals surface area contributed by atoms with Gasteiger partial charge in [0.25, 0.3) is 0 Å². The normalized spacial score (nSPS) is 13.9. The number of aromatic nitrogens is 6. The van der Waals surface area contributed by atoms with E-state index < -0.39 is 11.6 Å². The summed E-state index contributed by atoms with van der Waals surface area (Å²) in [5.74, 6) is -1.04. The number of carbonyl (C=O) groups is 2. The Hall–Kier alpha value is -5.32. The first-order chi connectivity index (χ1) is 20.5. The second-order valence-corrected chi connectivity index (χ2v) is 10.2. The van der Waals surface area contributed by atoms with E-state index in [9.17, 15) is 9.59 Å². The number of benzene rings is 4. The number of fused-ring (bicyclic) bond motifs is 2. The molecule has 2 aromatic heterocycles. The molecule has 12 heteroatoms. The quantitative estimate of drug-likeness (QED) is 0.229. The van der Waals surface area contributed by atoms with E-state index >= 15 is 0 Å². The van der Waals surface area contributed by atoms with Gasteiger partial charge in [-0.05, 0) is 72.8 Å². The monoisotopic (exact) mass is 592 g/mol. The standard InChI is InChI=1S/C30H18Cl2N8O2/c31-17-9-13-19(14-10-17)33-25-27(39-23-7-3-1-5-21(23)35-37-39)29(41)26(34-20-15-11-18(32)12-16-20)28(30(25)42)40-24-8-4-2-6-22(24)36-38-40/h1-16,33-34H. The van der Waals surface area contributed by atoms with Crippen LogP contribution in [0, 0.1) is 0 Å². The number of nitrogens with one attached hydrogen (secondary N) is 2. The molecule has 1 aliphatic carbocycles. The number of carbonyl (C=O) groups excluding carboxylic acids is 2. The van der Waals surface area contributed by atoms with Crippen LogP contribution in [-0.2, 0) is 9.59 Å². The Morgan fingerprint density at radius 3 is 1.31 bits per heavy atom. The maximum atomic E-state index is 14.6. The minimum atomic E-state index is -0.522. The van der Waals surface area contributed by atoms with Gasteiger partial charge in [0.1, 0.15) is 33.8 Å². The first kappa shape index (κ1) is 25.6. The van der Waals surface area contributed by atoms with Crippen molar-refractivity contribution in [1.82, 2.24) is 30.0 Å². The molecular formula is C30H18Cl2N8O2. The van der Waals surface area contributed by atoms with Crippen molar-refractivity contribution >= 4 is 79.6 Å². The molecule has 0 fully saturated rings. The zero-order chi connectivity index (χ0) is 28.8. The summed E-state index contributed by atoms with van der Waals surface area (Å²) in [5.41, 5.74) is 3.20. The molecule has 0 amide bonds. The lowest BCUT2D eigenvalue weighted by molar-refractivity contribution is -0.114. The highest BCUT2D eigenvalue weighted by atomic mass is 35.5. The molecule has 2 N–H and O–H groups in total. The van der Waals surface area contributed by atoms with Crippen LogP contribution >= 0.6 is 23.2 Å². The van der Waals surface area contributed by atoms with E-state index in [1.807, 2.05) is 12.1 Å². The van der Waals surface area contributed by atoms with Crippen LogP contribution in [0.1, 0.15) is 0 Å². The van der Waals surface area contributed by atoms with Crippen molar-refractivity contribution in [1.29, 1.82) is 0 Å². The average Bonchev–Trinajstić information content (AvgIpc) is 3.63. The van der Waals surface area contributed by atoms with Crippen molar-refractivity contribution in [2.45, 2.75) is 0 Å². The average molecular weight is 593 g/mol. The number of hydrogen-bond donors (Lipinski definition) is 2. The number of anilines is 2. The Bertz CT molecular complexity index is 1940. The van der Waals surface area contributed by atoms with Gasteiger partial charge < -0.3 is 10.6 Å². The van der Waals surface area contributed by atoms with Crippen molar-refractivity contribution in [3.05, 3.63) is 119 Å². The third-order valence-corrected chi connectivity index (χ3v) is 7.22. The predicted octanol–water partition coefficient (Wildman–Crippen LogP) is 5.90. The fourth-order valence-electron chi connectivity index (χ4n) is 4.74. The van der Waals surface area contributed by atoms with Crippen LogP contribution in [0.15, 0.2) is 108 Å². The molecule has 0 aliphatic heterocycles. The van der Waals surface area contributed by atoms with Crippen LogP contribution in [0.3, 0.4) is 0 Å². The van der Waals surface area contributed by atoms with Crippen LogP contribution in [-0.4, -0.2) is 41.6 Å². The zero-order valence-corrected chi connectivity index (χ0v) is 23.0. The molecule has 0 atom stereocenters. The topological polar surface area (TPSA) is 120 Å². The fourth-order valence-corrected chi connectivity index (χ4v) is 4.99. The van der Waals surface area contributed by atoms with Crippen LogP contribution in [0.5, 0.6) is 0 Å². The molecule has 6 aromatic rings. The van der Waals surface area contributed by atoms with Gasteiger partial charge in [-0.1, -0.05) is 57.9 Å². The highest BCUT2D eigenvalue weighted by Crippen LogP contribution is 2.34. The van der Waals surface area contributed by atoms with E-state index in [0.29, 0.717) is 43.5 Å². The number of rotatable bonds is 6. The maximum absolute atomic E-state index is 14.6. The highest BCUT2D eigenvalue weighted by Gasteiger charge is 2.39. The van der Waals surface area contributed by atoms with Crippen molar-refractivity contribution in [2.75, 3.05) is 10.6 Å². The predicted molar refractivity (Wildman–Crippen MR) is 162 cm³/mol. The van der Waals surface area contributed by atoms with Crippen LogP contribution < -0.4 is 10.6 Å². The molecule has 2 heterocycles. The Morgan fingerprint density at radius 1 is 0.524 bits per heavy atom. The van der Waals surface area contributed by atoms with E-state index in [1.165, 1.54) is 9.36 Å². The summed E-state index contributed by atoms with van der Waals surface area (Å²) >= 11 is 12.2. The Labute approximate surface area is 247 Å². The van der Waals surface area contributed by atoms with Gasteiger partial charge in [-0.3, -0.25) is 9.59 Å². The van der Waals surface area contributed by atoms with Gasteiger partial charge in [0.2, 0.25) is 11.6 Å². The highest BCUT2D eigenvalue weighted by molar-refractivity contribution is 6.45. The molecule has 204 valence electrons. The molecule has 10 nitrogen and oxygen atoms in total. The fraction of sp³-hybridized carbons (Fsp3) is 0. The van der Waals surface area contributed by atoms with Gasteiger partial charge in [-0.25, -0.2) is 9.36 Å². The molecule has 4 aromatic carbocycles. The van der Waals surface area contributed by atoms with Gasteiger partial charge in [0, 0.05) is 21.4 Å². The summed E-state index contributed by atoms with van der Waals surface area (Å²) in [7, 11) is 0. The SMILES string of the molecule is O=C1C(Nc2ccc(Cl)cc2)=C(n2nnc3ccccc32)C(=O)C(Nc2ccc(Cl)cc2)=C1n1nnc2ccccc21. The Kier molecular flexibility index (Phi) is 6.26. The molecule has 0 bridgehead atoms. The lowest BCUT2D eigenvalue weighted by Gasteiger charge is -2.25. The molecule has 42 heavy (non-hydrogen) atoms. The number of Topliss-reactive ketones (excluding diaryl/α,β-unsaturated/α-hetero) is 2. The number of para-hydroxylation sites is 2. The number of ketones is 2. The third-order valence-electron chi connectivity index (χ3n) is 6.71. The van der Waals surface area contributed by atoms with Gasteiger partial charge in [-0.15, -0.1) is 10.2 Å². The van der Waals surface area contributed by atoms with Crippen molar-refractivity contribution < 1.29 is 9.59 Å². The summed E-state index contributed by atoms with van der Waals surface area (Å²) in [5, 5.41) is 24.3. The number of allylic oxidation sites excluding steroid dienone is 2. The van der Waals surface area contributed by atoms with Gasteiger partial charge >= 0.3 is 0 Å². The van der Waals surface area contributed by atoms with E-state index in [-0.39, 0.29) is 22.8 Å². The van der Waals surface area contributed by atoms with E-state index in [2.05, 4.69) is 31.3 Å². The summed E-state index contributed by atoms with van der Waals surface area (Å²) in [6.07, 6.45) is 0. The molecule has 0 saturated heterocycles.